The van der Waals surface area contributed by atoms with Gasteiger partial charge in [-0.25, -0.2) is 19.4 Å². The van der Waals surface area contributed by atoms with Crippen molar-refractivity contribution in [1.82, 2.24) is 19.7 Å². The number of esters is 1. The molecule has 7 heteroatoms. The number of hydrogen-bond donors (Lipinski definition) is 1. The monoisotopic (exact) mass is 248 g/mol. The van der Waals surface area contributed by atoms with Crippen LogP contribution in [0.1, 0.15) is 29.2 Å². The van der Waals surface area contributed by atoms with Gasteiger partial charge in [0.05, 0.1) is 13.2 Å². The van der Waals surface area contributed by atoms with Crippen molar-refractivity contribution < 1.29 is 14.6 Å². The highest BCUT2D eigenvalue weighted by atomic mass is 16.5. The van der Waals surface area contributed by atoms with E-state index in [1.54, 1.807) is 25.3 Å². The number of ether oxygens (including phenoxy) is 1. The van der Waals surface area contributed by atoms with Crippen LogP contribution in [0.4, 0.5) is 0 Å². The zero-order valence-electron chi connectivity index (χ0n) is 9.94. The van der Waals surface area contributed by atoms with Crippen LogP contribution < -0.4 is 0 Å². The van der Waals surface area contributed by atoms with Crippen molar-refractivity contribution in [3.63, 3.8) is 0 Å². The molecule has 2 aromatic heterocycles. The number of aliphatic hydroxyl groups excluding tert-OH is 1. The number of rotatable bonds is 3. The smallest absolute Gasteiger partial charge is 0.377 e. The number of pyridine rings is 1. The van der Waals surface area contributed by atoms with E-state index < -0.39 is 12.1 Å². The number of carbonyl (C=O) groups excluding carboxylic acids is 1. The summed E-state index contributed by atoms with van der Waals surface area (Å²) in [5.41, 5.74) is 0.704. The SMILES string of the molecule is COC(=O)c1ncn(-c2cc(C(C)O)ccn2)n1. The summed E-state index contributed by atoms with van der Waals surface area (Å²) in [4.78, 5) is 19.1. The first kappa shape index (κ1) is 12.2. The normalized spacial score (nSPS) is 12.2. The average molecular weight is 248 g/mol. The van der Waals surface area contributed by atoms with Gasteiger partial charge in [0.2, 0.25) is 0 Å². The fourth-order valence-electron chi connectivity index (χ4n) is 1.38. The molecule has 0 fully saturated rings. The molecule has 0 saturated carbocycles. The largest absolute Gasteiger partial charge is 0.463 e. The van der Waals surface area contributed by atoms with Crippen LogP contribution >= 0.6 is 0 Å². The first-order valence-electron chi connectivity index (χ1n) is 5.26. The van der Waals surface area contributed by atoms with Gasteiger partial charge in [-0.3, -0.25) is 0 Å². The predicted molar refractivity (Wildman–Crippen MR) is 61.1 cm³/mol. The minimum Gasteiger partial charge on any atom is -0.463 e. The quantitative estimate of drug-likeness (QED) is 0.795. The first-order valence-corrected chi connectivity index (χ1v) is 5.26. The lowest BCUT2D eigenvalue weighted by Gasteiger charge is -2.05. The molecule has 1 unspecified atom stereocenters. The molecule has 0 aliphatic rings. The van der Waals surface area contributed by atoms with E-state index >= 15 is 0 Å². The maximum absolute atomic E-state index is 11.2. The van der Waals surface area contributed by atoms with Crippen LogP contribution in [0.25, 0.3) is 5.82 Å². The molecule has 2 aromatic rings. The summed E-state index contributed by atoms with van der Waals surface area (Å²) in [5.74, 6) is -0.182. The van der Waals surface area contributed by atoms with E-state index in [1.807, 2.05) is 0 Å². The Balaban J connectivity index is 2.34. The number of hydrogen-bond acceptors (Lipinski definition) is 6. The minimum atomic E-state index is -0.611. The van der Waals surface area contributed by atoms with E-state index in [9.17, 15) is 9.90 Å². The Morgan fingerprint density at radius 3 is 2.94 bits per heavy atom. The summed E-state index contributed by atoms with van der Waals surface area (Å²) in [6.07, 6.45) is 2.31. The first-order chi connectivity index (χ1) is 8.61. The maximum Gasteiger partial charge on any atom is 0.377 e. The Morgan fingerprint density at radius 1 is 1.50 bits per heavy atom. The predicted octanol–water partition coefficient (Wildman–Crippen LogP) is 0.502. The van der Waals surface area contributed by atoms with Crippen molar-refractivity contribution in [2.24, 2.45) is 0 Å². The van der Waals surface area contributed by atoms with Gasteiger partial charge in [0.25, 0.3) is 5.82 Å². The summed E-state index contributed by atoms with van der Waals surface area (Å²) in [6, 6.07) is 3.37. The Bertz CT molecular complexity index is 565. The molecule has 0 aliphatic heterocycles. The van der Waals surface area contributed by atoms with Crippen molar-refractivity contribution in [1.29, 1.82) is 0 Å². The molecule has 0 spiro atoms. The molecule has 0 amide bonds. The van der Waals surface area contributed by atoms with Crippen LogP contribution in [0.3, 0.4) is 0 Å². The van der Waals surface area contributed by atoms with Crippen LogP contribution in [-0.2, 0) is 4.74 Å². The summed E-state index contributed by atoms with van der Waals surface area (Å²) in [6.45, 7) is 1.65. The lowest BCUT2D eigenvalue weighted by Crippen LogP contribution is -2.06. The summed E-state index contributed by atoms with van der Waals surface area (Å²) >= 11 is 0. The molecule has 0 aromatic carbocycles. The average Bonchev–Trinajstić information content (AvgIpc) is 2.87. The fraction of sp³-hybridized carbons (Fsp3) is 0.273. The van der Waals surface area contributed by atoms with Gasteiger partial charge in [-0.15, -0.1) is 5.10 Å². The molecule has 0 radical (unpaired) electrons. The number of nitrogens with zero attached hydrogens (tertiary/aromatic N) is 4. The Morgan fingerprint density at radius 2 is 2.28 bits per heavy atom. The lowest BCUT2D eigenvalue weighted by molar-refractivity contribution is 0.0587. The molecule has 7 nitrogen and oxygen atoms in total. The molecule has 2 heterocycles. The molecule has 0 saturated heterocycles. The van der Waals surface area contributed by atoms with Gasteiger partial charge in [-0.1, -0.05) is 0 Å². The maximum atomic E-state index is 11.2. The summed E-state index contributed by atoms with van der Waals surface area (Å²) in [5, 5.41) is 13.4. The third kappa shape index (κ3) is 2.35. The molecule has 94 valence electrons. The van der Waals surface area contributed by atoms with Gasteiger partial charge in [0.15, 0.2) is 5.82 Å². The molecule has 18 heavy (non-hydrogen) atoms. The highest BCUT2D eigenvalue weighted by Gasteiger charge is 2.13. The Kier molecular flexibility index (Phi) is 3.33. The van der Waals surface area contributed by atoms with Crippen LogP contribution in [0.2, 0.25) is 0 Å². The van der Waals surface area contributed by atoms with Crippen molar-refractivity contribution in [3.8, 4) is 5.82 Å². The fourth-order valence-corrected chi connectivity index (χ4v) is 1.38. The highest BCUT2D eigenvalue weighted by molar-refractivity contribution is 5.84. The van der Waals surface area contributed by atoms with E-state index in [0.717, 1.165) is 0 Å². The molecule has 0 aliphatic carbocycles. The van der Waals surface area contributed by atoms with Crippen molar-refractivity contribution in [2.75, 3.05) is 7.11 Å². The molecular weight excluding hydrogens is 236 g/mol. The molecule has 1 atom stereocenters. The van der Waals surface area contributed by atoms with Gasteiger partial charge in [0.1, 0.15) is 6.33 Å². The van der Waals surface area contributed by atoms with Crippen molar-refractivity contribution in [3.05, 3.63) is 36.0 Å². The van der Waals surface area contributed by atoms with Gasteiger partial charge in [0, 0.05) is 6.20 Å². The van der Waals surface area contributed by atoms with Crippen LogP contribution in [0, 0.1) is 0 Å². The van der Waals surface area contributed by atoms with E-state index in [-0.39, 0.29) is 5.82 Å². The topological polar surface area (TPSA) is 90.1 Å². The Hall–Kier alpha value is -2.28. The highest BCUT2D eigenvalue weighted by Crippen LogP contribution is 2.13. The minimum absolute atomic E-state index is 0.0400. The summed E-state index contributed by atoms with van der Waals surface area (Å²) in [7, 11) is 1.26. The second kappa shape index (κ2) is 4.92. The van der Waals surface area contributed by atoms with E-state index in [4.69, 9.17) is 0 Å². The number of methoxy groups -OCH3 is 1. The molecular formula is C11H12N4O3. The third-order valence-corrected chi connectivity index (χ3v) is 2.35. The van der Waals surface area contributed by atoms with Gasteiger partial charge in [-0.05, 0) is 24.6 Å². The zero-order valence-corrected chi connectivity index (χ0v) is 9.94. The number of aliphatic hydroxyl groups is 1. The zero-order chi connectivity index (χ0) is 13.1. The second-order valence-electron chi connectivity index (χ2n) is 3.63. The van der Waals surface area contributed by atoms with Gasteiger partial charge < -0.3 is 9.84 Å². The number of aromatic nitrogens is 4. The van der Waals surface area contributed by atoms with E-state index in [1.165, 1.54) is 18.1 Å². The van der Waals surface area contributed by atoms with Crippen molar-refractivity contribution >= 4 is 5.97 Å². The van der Waals surface area contributed by atoms with Crippen LogP contribution in [-0.4, -0.2) is 37.9 Å². The third-order valence-electron chi connectivity index (χ3n) is 2.35. The summed E-state index contributed by atoms with van der Waals surface area (Å²) < 4.78 is 5.86. The molecule has 1 N–H and O–H groups in total. The Labute approximate surface area is 103 Å². The second-order valence-corrected chi connectivity index (χ2v) is 3.63. The van der Waals surface area contributed by atoms with Gasteiger partial charge in [-0.2, -0.15) is 0 Å². The number of carbonyl (C=O) groups is 1. The molecule has 2 rings (SSSR count). The molecule has 0 bridgehead atoms. The standard InChI is InChI=1S/C11H12N4O3/c1-7(16)8-3-4-12-9(5-8)15-6-13-10(14-15)11(17)18-2/h3-7,16H,1-2H3. The lowest BCUT2D eigenvalue weighted by atomic mass is 10.2. The van der Waals surface area contributed by atoms with Crippen LogP contribution in [0.15, 0.2) is 24.7 Å². The van der Waals surface area contributed by atoms with E-state index in [0.29, 0.717) is 11.4 Å². The van der Waals surface area contributed by atoms with Crippen LogP contribution in [0.5, 0.6) is 0 Å². The van der Waals surface area contributed by atoms with E-state index in [2.05, 4.69) is 19.8 Å². The van der Waals surface area contributed by atoms with Gasteiger partial charge >= 0.3 is 5.97 Å². The van der Waals surface area contributed by atoms with Crippen molar-refractivity contribution in [2.45, 2.75) is 13.0 Å².